The number of carbonyl (C=O) groups is 1. The summed E-state index contributed by atoms with van der Waals surface area (Å²) in [4.78, 5) is 12.8. The van der Waals surface area contributed by atoms with Crippen molar-refractivity contribution in [2.45, 2.75) is 25.2 Å². The minimum absolute atomic E-state index is 0.196. The Kier molecular flexibility index (Phi) is 3.69. The van der Waals surface area contributed by atoms with Crippen LogP contribution in [-0.2, 0) is 11.2 Å². The summed E-state index contributed by atoms with van der Waals surface area (Å²) in [6.07, 6.45) is 2.79. The lowest BCUT2D eigenvalue weighted by atomic mass is 9.82. The first-order valence-corrected chi connectivity index (χ1v) is 8.30. The summed E-state index contributed by atoms with van der Waals surface area (Å²) in [6.45, 7) is 0. The minimum Gasteiger partial charge on any atom is -0.425 e. The molecule has 0 amide bonds. The van der Waals surface area contributed by atoms with Crippen molar-refractivity contribution in [2.24, 2.45) is 0 Å². The Balaban J connectivity index is 1.67. The molecule has 1 aliphatic carbocycles. The highest BCUT2D eigenvalue weighted by Crippen LogP contribution is 2.35. The molecule has 3 aromatic rings. The Labute approximate surface area is 141 Å². The molecule has 24 heavy (non-hydrogen) atoms. The Morgan fingerprint density at radius 1 is 1.04 bits per heavy atom. The van der Waals surface area contributed by atoms with E-state index in [0.717, 1.165) is 35.6 Å². The smallest absolute Gasteiger partial charge is 0.318 e. The van der Waals surface area contributed by atoms with Gasteiger partial charge in [-0.15, -0.1) is 0 Å². The van der Waals surface area contributed by atoms with Gasteiger partial charge in [0.2, 0.25) is 0 Å². The molecule has 0 spiro atoms. The lowest BCUT2D eigenvalue weighted by molar-refractivity contribution is -0.136. The van der Waals surface area contributed by atoms with E-state index in [-0.39, 0.29) is 11.9 Å². The molecule has 0 saturated carbocycles. The first kappa shape index (κ1) is 14.8. The van der Waals surface area contributed by atoms with Crippen molar-refractivity contribution >= 4 is 22.4 Å². The van der Waals surface area contributed by atoms with Crippen molar-refractivity contribution in [1.82, 2.24) is 0 Å². The highest BCUT2D eigenvalue weighted by Gasteiger charge is 2.28. The molecule has 0 aliphatic heterocycles. The van der Waals surface area contributed by atoms with E-state index >= 15 is 0 Å². The lowest BCUT2D eigenvalue weighted by Gasteiger charge is -2.24. The number of anilines is 1. The molecular formula is C21H19NO2. The third-order valence-corrected chi connectivity index (χ3v) is 4.73. The lowest BCUT2D eigenvalue weighted by Crippen LogP contribution is -2.23. The fourth-order valence-electron chi connectivity index (χ4n) is 3.53. The van der Waals surface area contributed by atoms with Gasteiger partial charge in [0.05, 0.1) is 5.92 Å². The summed E-state index contributed by atoms with van der Waals surface area (Å²) in [7, 11) is 0. The fraction of sp³-hybridized carbons (Fsp3) is 0.190. The molecule has 0 saturated heterocycles. The van der Waals surface area contributed by atoms with E-state index in [9.17, 15) is 4.79 Å². The molecule has 0 aromatic heterocycles. The van der Waals surface area contributed by atoms with E-state index < -0.39 is 0 Å². The van der Waals surface area contributed by atoms with Crippen LogP contribution >= 0.6 is 0 Å². The van der Waals surface area contributed by atoms with Crippen molar-refractivity contribution in [3.8, 4) is 5.75 Å². The van der Waals surface area contributed by atoms with Gasteiger partial charge in [-0.25, -0.2) is 0 Å². The monoisotopic (exact) mass is 317 g/mol. The van der Waals surface area contributed by atoms with Crippen molar-refractivity contribution in [1.29, 1.82) is 0 Å². The van der Waals surface area contributed by atoms with Gasteiger partial charge in [0.1, 0.15) is 5.75 Å². The van der Waals surface area contributed by atoms with Gasteiger partial charge in [0, 0.05) is 11.1 Å². The summed E-state index contributed by atoms with van der Waals surface area (Å²) in [5.74, 6) is 0.184. The number of esters is 1. The van der Waals surface area contributed by atoms with Gasteiger partial charge in [-0.3, -0.25) is 4.79 Å². The number of aryl methyl sites for hydroxylation is 1. The third kappa shape index (κ3) is 2.62. The van der Waals surface area contributed by atoms with Gasteiger partial charge in [0.25, 0.3) is 0 Å². The van der Waals surface area contributed by atoms with E-state index in [1.165, 1.54) is 5.56 Å². The zero-order valence-electron chi connectivity index (χ0n) is 13.4. The number of benzene rings is 3. The van der Waals surface area contributed by atoms with Crippen molar-refractivity contribution in [2.75, 3.05) is 5.73 Å². The standard InChI is InChI=1S/C21H19NO2/c22-16-12-11-15-6-3-9-18(19(15)13-16)21(23)24-20-10-4-7-14-5-1-2-8-17(14)20/h1-2,4-5,7-8,10-13,18H,3,6,9,22H2. The molecule has 120 valence electrons. The maximum atomic E-state index is 12.8. The number of hydrogen-bond donors (Lipinski definition) is 1. The SMILES string of the molecule is Nc1ccc2c(c1)C(C(=O)Oc1cccc3ccccc13)CCC2. The molecule has 2 N–H and O–H groups in total. The first-order valence-electron chi connectivity index (χ1n) is 8.30. The van der Waals surface area contributed by atoms with Crippen LogP contribution in [0.25, 0.3) is 10.8 Å². The zero-order chi connectivity index (χ0) is 16.5. The molecule has 3 heteroatoms. The molecule has 1 aliphatic rings. The molecule has 0 fully saturated rings. The van der Waals surface area contributed by atoms with Gasteiger partial charge >= 0.3 is 5.97 Å². The zero-order valence-corrected chi connectivity index (χ0v) is 13.4. The molecular weight excluding hydrogens is 298 g/mol. The fourth-order valence-corrected chi connectivity index (χ4v) is 3.53. The second-order valence-electron chi connectivity index (χ2n) is 6.30. The number of fused-ring (bicyclic) bond motifs is 2. The summed E-state index contributed by atoms with van der Waals surface area (Å²) >= 11 is 0. The van der Waals surface area contributed by atoms with Crippen LogP contribution in [0.4, 0.5) is 5.69 Å². The number of rotatable bonds is 2. The van der Waals surface area contributed by atoms with Crippen LogP contribution in [0, 0.1) is 0 Å². The molecule has 0 radical (unpaired) electrons. The topological polar surface area (TPSA) is 52.3 Å². The molecule has 1 atom stereocenters. The predicted octanol–water partition coefficient (Wildman–Crippen LogP) is 4.45. The molecule has 3 aromatic carbocycles. The van der Waals surface area contributed by atoms with Crippen molar-refractivity contribution in [3.63, 3.8) is 0 Å². The van der Waals surface area contributed by atoms with Crippen molar-refractivity contribution < 1.29 is 9.53 Å². The quantitative estimate of drug-likeness (QED) is 0.432. The number of nitrogen functional groups attached to an aromatic ring is 1. The van der Waals surface area contributed by atoms with Gasteiger partial charge in [-0.1, -0.05) is 42.5 Å². The van der Waals surface area contributed by atoms with Crippen LogP contribution in [0.1, 0.15) is 29.9 Å². The molecule has 0 heterocycles. The summed E-state index contributed by atoms with van der Waals surface area (Å²) in [5.41, 5.74) is 8.84. The predicted molar refractivity (Wildman–Crippen MR) is 96.1 cm³/mol. The average molecular weight is 317 g/mol. The first-order chi connectivity index (χ1) is 11.7. The third-order valence-electron chi connectivity index (χ3n) is 4.73. The normalized spacial score (nSPS) is 16.6. The Morgan fingerprint density at radius 3 is 2.79 bits per heavy atom. The number of ether oxygens (including phenoxy) is 1. The van der Waals surface area contributed by atoms with Crippen LogP contribution in [0.2, 0.25) is 0 Å². The Morgan fingerprint density at radius 2 is 1.88 bits per heavy atom. The molecule has 1 unspecified atom stereocenters. The Bertz CT molecular complexity index is 911. The second-order valence-corrected chi connectivity index (χ2v) is 6.30. The Hall–Kier alpha value is -2.81. The molecule has 4 rings (SSSR count). The van der Waals surface area contributed by atoms with Crippen LogP contribution in [0.5, 0.6) is 5.75 Å². The van der Waals surface area contributed by atoms with Gasteiger partial charge < -0.3 is 10.5 Å². The van der Waals surface area contributed by atoms with Crippen LogP contribution in [0.15, 0.2) is 60.7 Å². The summed E-state index contributed by atoms with van der Waals surface area (Å²) < 4.78 is 5.78. The highest BCUT2D eigenvalue weighted by atomic mass is 16.5. The highest BCUT2D eigenvalue weighted by molar-refractivity contribution is 5.91. The van der Waals surface area contributed by atoms with E-state index in [0.29, 0.717) is 11.4 Å². The maximum Gasteiger partial charge on any atom is 0.318 e. The van der Waals surface area contributed by atoms with Gasteiger partial charge in [0.15, 0.2) is 0 Å². The van der Waals surface area contributed by atoms with E-state index in [1.807, 2.05) is 60.7 Å². The number of hydrogen-bond acceptors (Lipinski definition) is 3. The maximum absolute atomic E-state index is 12.8. The number of carbonyl (C=O) groups excluding carboxylic acids is 1. The minimum atomic E-state index is -0.240. The van der Waals surface area contributed by atoms with E-state index in [2.05, 4.69) is 0 Å². The van der Waals surface area contributed by atoms with Crippen LogP contribution in [-0.4, -0.2) is 5.97 Å². The summed E-state index contributed by atoms with van der Waals surface area (Å²) in [5, 5.41) is 2.02. The van der Waals surface area contributed by atoms with E-state index in [1.54, 1.807) is 0 Å². The average Bonchev–Trinajstić information content (AvgIpc) is 2.61. The largest absolute Gasteiger partial charge is 0.425 e. The van der Waals surface area contributed by atoms with Gasteiger partial charge in [-0.2, -0.15) is 0 Å². The summed E-state index contributed by atoms with van der Waals surface area (Å²) in [6, 6.07) is 19.6. The van der Waals surface area contributed by atoms with Crippen molar-refractivity contribution in [3.05, 3.63) is 71.8 Å². The second kappa shape index (κ2) is 6.00. The number of nitrogens with two attached hydrogens (primary N) is 1. The molecule has 0 bridgehead atoms. The van der Waals surface area contributed by atoms with Crippen LogP contribution in [0.3, 0.4) is 0 Å². The molecule has 3 nitrogen and oxygen atoms in total. The van der Waals surface area contributed by atoms with Gasteiger partial charge in [-0.05, 0) is 54.0 Å². The van der Waals surface area contributed by atoms with E-state index in [4.69, 9.17) is 10.5 Å². The van der Waals surface area contributed by atoms with Crippen LogP contribution < -0.4 is 10.5 Å².